The van der Waals surface area contributed by atoms with E-state index in [1.165, 1.54) is 7.11 Å². The number of methoxy groups -OCH3 is 2. The van der Waals surface area contributed by atoms with E-state index < -0.39 is 39.1 Å². The Morgan fingerprint density at radius 2 is 1.94 bits per heavy atom. The van der Waals surface area contributed by atoms with Gasteiger partial charge in [0.15, 0.2) is 14.6 Å². The molecule has 1 atom stereocenters. The normalized spacial score (nSPS) is 17.2. The molecule has 0 spiro atoms. The third kappa shape index (κ3) is 6.30. The molecule has 2 amide bonds. The zero-order valence-electron chi connectivity index (χ0n) is 19.5. The minimum atomic E-state index is -3.98. The van der Waals surface area contributed by atoms with Gasteiger partial charge in [0.1, 0.15) is 11.5 Å². The summed E-state index contributed by atoms with van der Waals surface area (Å²) in [5, 5.41) is 0. The van der Waals surface area contributed by atoms with Crippen LogP contribution in [0.15, 0.2) is 23.2 Å². The quantitative estimate of drug-likeness (QED) is 0.490. The summed E-state index contributed by atoms with van der Waals surface area (Å²) in [6.45, 7) is 3.14. The first kappa shape index (κ1) is 26.0. The molecule has 0 radical (unpaired) electrons. The number of hydrogen-bond acceptors (Lipinski definition) is 8. The van der Waals surface area contributed by atoms with Crippen molar-refractivity contribution in [1.29, 1.82) is 0 Å². The lowest BCUT2D eigenvalue weighted by atomic mass is 10.0. The number of amides is 2. The van der Waals surface area contributed by atoms with Gasteiger partial charge in [0.25, 0.3) is 5.91 Å². The van der Waals surface area contributed by atoms with Crippen molar-refractivity contribution < 1.29 is 32.3 Å². The Morgan fingerprint density at radius 1 is 1.18 bits per heavy atom. The van der Waals surface area contributed by atoms with Gasteiger partial charge in [-0.25, -0.2) is 13.2 Å². The van der Waals surface area contributed by atoms with Crippen molar-refractivity contribution in [1.82, 2.24) is 9.47 Å². The maximum atomic E-state index is 12.6. The molecule has 1 aromatic heterocycles. The molecule has 1 aliphatic heterocycles. The zero-order valence-corrected chi connectivity index (χ0v) is 21.1. The first-order chi connectivity index (χ1) is 16.1. The van der Waals surface area contributed by atoms with Crippen LogP contribution in [-0.4, -0.2) is 80.6 Å². The van der Waals surface area contributed by atoms with Crippen LogP contribution in [-0.2, 0) is 35.4 Å². The average molecular weight is 512 g/mol. The first-order valence-corrected chi connectivity index (χ1v) is 13.6. The third-order valence-corrected chi connectivity index (χ3v) is 8.07. The lowest BCUT2D eigenvalue weighted by molar-refractivity contribution is -0.131. The second-order valence-electron chi connectivity index (χ2n) is 8.17. The van der Waals surface area contributed by atoms with E-state index in [1.807, 2.05) is 6.92 Å². The number of sulfone groups is 1. The van der Waals surface area contributed by atoms with Crippen LogP contribution in [0.3, 0.4) is 0 Å². The van der Waals surface area contributed by atoms with Crippen molar-refractivity contribution in [2.24, 2.45) is 4.99 Å². The minimum absolute atomic E-state index is 0.00925. The van der Waals surface area contributed by atoms with E-state index in [9.17, 15) is 22.8 Å². The minimum Gasteiger partial charge on any atom is -0.465 e. The largest absolute Gasteiger partial charge is 0.465 e. The molecule has 186 valence electrons. The molecule has 3 rings (SSSR count). The predicted molar refractivity (Wildman–Crippen MR) is 127 cm³/mol. The standard InChI is InChI=1S/C22H29N3O7S2/c1-15-6-4-5-9-24(15)20(27)14-34(29,30)13-19(26)23-22-25(10-11-31-2)17-8-7-16(21(28)32-3)12-18(17)33-22/h7-8,12,15H,4-6,9-11,13-14H2,1-3H3. The van der Waals surface area contributed by atoms with Crippen LogP contribution in [0.1, 0.15) is 36.5 Å². The number of ether oxygens (including phenoxy) is 2. The maximum absolute atomic E-state index is 12.6. The highest BCUT2D eigenvalue weighted by atomic mass is 32.2. The highest BCUT2D eigenvalue weighted by molar-refractivity contribution is 7.92. The van der Waals surface area contributed by atoms with Crippen LogP contribution in [0.5, 0.6) is 0 Å². The molecule has 0 saturated carbocycles. The van der Waals surface area contributed by atoms with Crippen molar-refractivity contribution in [3.8, 4) is 0 Å². The Morgan fingerprint density at radius 3 is 2.62 bits per heavy atom. The van der Waals surface area contributed by atoms with Crippen molar-refractivity contribution in [3.63, 3.8) is 0 Å². The van der Waals surface area contributed by atoms with Gasteiger partial charge in [0.2, 0.25) is 5.91 Å². The summed E-state index contributed by atoms with van der Waals surface area (Å²) in [5.41, 5.74) is 1.07. The Hall–Kier alpha value is -2.57. The molecule has 1 unspecified atom stereocenters. The number of fused-ring (bicyclic) bond motifs is 1. The molecule has 1 fully saturated rings. The molecule has 2 heterocycles. The maximum Gasteiger partial charge on any atom is 0.337 e. The fraction of sp³-hybridized carbons (Fsp3) is 0.545. The molecular formula is C22H29N3O7S2. The van der Waals surface area contributed by atoms with Gasteiger partial charge in [0.05, 0.1) is 29.5 Å². The van der Waals surface area contributed by atoms with Crippen LogP contribution in [0.4, 0.5) is 0 Å². The number of aromatic nitrogens is 1. The fourth-order valence-electron chi connectivity index (χ4n) is 3.92. The molecule has 0 bridgehead atoms. The number of thiazole rings is 1. The van der Waals surface area contributed by atoms with Crippen molar-refractivity contribution in [2.75, 3.05) is 38.9 Å². The number of carbonyl (C=O) groups excluding carboxylic acids is 3. The average Bonchev–Trinajstić information content (AvgIpc) is 3.12. The van der Waals surface area contributed by atoms with Crippen LogP contribution >= 0.6 is 11.3 Å². The Labute approximate surface area is 202 Å². The number of benzene rings is 1. The molecule has 0 aliphatic carbocycles. The summed E-state index contributed by atoms with van der Waals surface area (Å²) in [4.78, 5) is 42.9. The lowest BCUT2D eigenvalue weighted by Crippen LogP contribution is -2.45. The van der Waals surface area contributed by atoms with E-state index in [0.717, 1.165) is 36.1 Å². The molecule has 1 saturated heterocycles. The number of esters is 1. The third-order valence-electron chi connectivity index (χ3n) is 5.65. The van der Waals surface area contributed by atoms with Gasteiger partial charge in [-0.2, -0.15) is 4.99 Å². The Bertz CT molecular complexity index is 1250. The molecule has 0 N–H and O–H groups in total. The first-order valence-electron chi connectivity index (χ1n) is 10.9. The summed E-state index contributed by atoms with van der Waals surface area (Å²) in [6, 6.07) is 4.94. The number of likely N-dealkylation sites (tertiary alicyclic amines) is 1. The molecule has 12 heteroatoms. The molecule has 34 heavy (non-hydrogen) atoms. The second kappa shape index (κ2) is 11.2. The SMILES string of the molecule is COCCn1c(=NC(=O)CS(=O)(=O)CC(=O)N2CCCCC2C)sc2cc(C(=O)OC)ccc21. The fourth-order valence-corrected chi connectivity index (χ4v) is 6.12. The van der Waals surface area contributed by atoms with Crippen LogP contribution < -0.4 is 4.80 Å². The second-order valence-corrected chi connectivity index (χ2v) is 11.2. The number of hydrogen-bond donors (Lipinski definition) is 0. The smallest absolute Gasteiger partial charge is 0.337 e. The van der Waals surface area contributed by atoms with Crippen LogP contribution in [0, 0.1) is 0 Å². The summed E-state index contributed by atoms with van der Waals surface area (Å²) in [5.74, 6) is -3.39. The molecular weight excluding hydrogens is 482 g/mol. The summed E-state index contributed by atoms with van der Waals surface area (Å²) in [6.07, 6.45) is 2.69. The number of rotatable bonds is 8. The van der Waals surface area contributed by atoms with Gasteiger partial charge in [0, 0.05) is 26.2 Å². The monoisotopic (exact) mass is 511 g/mol. The van der Waals surface area contributed by atoms with Gasteiger partial charge >= 0.3 is 5.97 Å². The number of carbonyl (C=O) groups is 3. The van der Waals surface area contributed by atoms with Gasteiger partial charge in [-0.05, 0) is 44.4 Å². The van der Waals surface area contributed by atoms with Crippen molar-refractivity contribution >= 4 is 49.2 Å². The lowest BCUT2D eigenvalue weighted by Gasteiger charge is -2.33. The summed E-state index contributed by atoms with van der Waals surface area (Å²) in [7, 11) is -1.15. The Kier molecular flexibility index (Phi) is 8.61. The van der Waals surface area contributed by atoms with Crippen molar-refractivity contribution in [3.05, 3.63) is 28.6 Å². The molecule has 1 aliphatic rings. The molecule has 1 aromatic carbocycles. The van der Waals surface area contributed by atoms with Gasteiger partial charge in [-0.1, -0.05) is 11.3 Å². The predicted octanol–water partition coefficient (Wildman–Crippen LogP) is 1.38. The number of piperidine rings is 1. The molecule has 10 nitrogen and oxygen atoms in total. The van der Waals surface area contributed by atoms with E-state index in [2.05, 4.69) is 4.99 Å². The zero-order chi connectivity index (χ0) is 24.9. The Balaban J connectivity index is 1.84. The highest BCUT2D eigenvalue weighted by Crippen LogP contribution is 2.20. The topological polar surface area (TPSA) is 124 Å². The van der Waals surface area contributed by atoms with E-state index in [4.69, 9.17) is 9.47 Å². The van der Waals surface area contributed by atoms with Gasteiger partial charge in [-0.3, -0.25) is 9.59 Å². The van der Waals surface area contributed by atoms with Gasteiger partial charge in [-0.15, -0.1) is 0 Å². The highest BCUT2D eigenvalue weighted by Gasteiger charge is 2.28. The summed E-state index contributed by atoms with van der Waals surface area (Å²) < 4.78 is 37.4. The van der Waals surface area contributed by atoms with Gasteiger partial charge < -0.3 is 18.9 Å². The molecule has 2 aromatic rings. The van der Waals surface area contributed by atoms with E-state index in [1.54, 1.807) is 34.8 Å². The van der Waals surface area contributed by atoms with Crippen LogP contribution in [0.2, 0.25) is 0 Å². The summed E-state index contributed by atoms with van der Waals surface area (Å²) >= 11 is 1.15. The van der Waals surface area contributed by atoms with E-state index in [0.29, 0.717) is 30.0 Å². The van der Waals surface area contributed by atoms with Crippen molar-refractivity contribution in [2.45, 2.75) is 38.8 Å². The number of nitrogens with zero attached hydrogens (tertiary/aromatic N) is 3. The van der Waals surface area contributed by atoms with E-state index in [-0.39, 0.29) is 10.8 Å². The van der Waals surface area contributed by atoms with Crippen LogP contribution in [0.25, 0.3) is 10.2 Å². The van der Waals surface area contributed by atoms with E-state index >= 15 is 0 Å².